The summed E-state index contributed by atoms with van der Waals surface area (Å²) >= 11 is 0. The van der Waals surface area contributed by atoms with Crippen LogP contribution in [0.2, 0.25) is 0 Å². The Morgan fingerprint density at radius 2 is 1.88 bits per heavy atom. The van der Waals surface area contributed by atoms with E-state index in [2.05, 4.69) is 33.4 Å². The van der Waals surface area contributed by atoms with Gasteiger partial charge in [-0.2, -0.15) is 0 Å². The van der Waals surface area contributed by atoms with E-state index in [1.54, 1.807) is 7.11 Å². The van der Waals surface area contributed by atoms with E-state index >= 15 is 0 Å². The lowest BCUT2D eigenvalue weighted by Crippen LogP contribution is -2.42. The highest BCUT2D eigenvalue weighted by atomic mass is 16.6. The Morgan fingerprint density at radius 3 is 2.44 bits per heavy atom. The van der Waals surface area contributed by atoms with Crippen LogP contribution in [0.1, 0.15) is 70.6 Å². The van der Waals surface area contributed by atoms with Crippen molar-refractivity contribution in [3.05, 3.63) is 29.3 Å². The Hall–Kier alpha value is -1.77. The first-order chi connectivity index (χ1) is 11.6. The summed E-state index contributed by atoms with van der Waals surface area (Å²) in [6.45, 7) is 14.6. The molecule has 1 fully saturated rings. The summed E-state index contributed by atoms with van der Waals surface area (Å²) in [6.07, 6.45) is 4.67. The second-order valence-electron chi connectivity index (χ2n) is 8.71. The highest BCUT2D eigenvalue weighted by Gasteiger charge is 2.53. The largest absolute Gasteiger partial charge is 0.492 e. The Balaban J connectivity index is 2.27. The van der Waals surface area contributed by atoms with Crippen LogP contribution in [-0.4, -0.2) is 13.1 Å². The van der Waals surface area contributed by atoms with Gasteiger partial charge < -0.3 is 9.47 Å². The molecule has 0 unspecified atom stereocenters. The minimum Gasteiger partial charge on any atom is -0.492 e. The van der Waals surface area contributed by atoms with Gasteiger partial charge in [-0.25, -0.2) is 0 Å². The fraction of sp³-hybridized carbons (Fsp3) is 0.591. The Kier molecular flexibility index (Phi) is 4.25. The minimum absolute atomic E-state index is 0.0604. The SMILES string of the molecule is C=C(C)c1cc2c(c(OC)c1OC(C)=O)[C@@]1(C)CCCC(C)(C)[C@H]1C2. The summed E-state index contributed by atoms with van der Waals surface area (Å²) in [4.78, 5) is 11.7. The molecule has 2 aliphatic rings. The lowest BCUT2D eigenvalue weighted by atomic mass is 9.57. The van der Waals surface area contributed by atoms with Crippen molar-refractivity contribution in [3.8, 4) is 11.5 Å². The first kappa shape index (κ1) is 18.0. The normalized spacial score (nSPS) is 26.6. The fourth-order valence-corrected chi connectivity index (χ4v) is 5.38. The van der Waals surface area contributed by atoms with Gasteiger partial charge >= 0.3 is 5.97 Å². The highest BCUT2D eigenvalue weighted by Crippen LogP contribution is 2.62. The molecule has 0 N–H and O–H groups in total. The summed E-state index contributed by atoms with van der Waals surface area (Å²) in [5, 5.41) is 0. The summed E-state index contributed by atoms with van der Waals surface area (Å²) in [5.74, 6) is 1.51. The van der Waals surface area contributed by atoms with Crippen molar-refractivity contribution in [1.29, 1.82) is 0 Å². The maximum absolute atomic E-state index is 11.7. The van der Waals surface area contributed by atoms with Crippen LogP contribution >= 0.6 is 0 Å². The van der Waals surface area contributed by atoms with Gasteiger partial charge in [-0.05, 0) is 54.7 Å². The molecule has 0 heterocycles. The van der Waals surface area contributed by atoms with Crippen molar-refractivity contribution >= 4 is 11.5 Å². The van der Waals surface area contributed by atoms with Crippen molar-refractivity contribution in [2.75, 3.05) is 7.11 Å². The molecule has 0 spiro atoms. The second kappa shape index (κ2) is 5.89. The molecular weight excluding hydrogens is 312 g/mol. The molecule has 1 aromatic rings. The summed E-state index contributed by atoms with van der Waals surface area (Å²) < 4.78 is 11.4. The maximum atomic E-state index is 11.7. The van der Waals surface area contributed by atoms with Crippen molar-refractivity contribution in [3.63, 3.8) is 0 Å². The van der Waals surface area contributed by atoms with E-state index in [4.69, 9.17) is 9.47 Å². The molecule has 0 aromatic heterocycles. The average molecular weight is 342 g/mol. The molecule has 3 heteroatoms. The first-order valence-corrected chi connectivity index (χ1v) is 9.20. The molecule has 0 radical (unpaired) electrons. The summed E-state index contributed by atoms with van der Waals surface area (Å²) in [5.41, 5.74) is 4.69. The summed E-state index contributed by atoms with van der Waals surface area (Å²) in [6, 6.07) is 2.18. The van der Waals surface area contributed by atoms with Crippen molar-refractivity contribution in [1.82, 2.24) is 0 Å². The number of carbonyl (C=O) groups is 1. The molecule has 0 saturated heterocycles. The molecule has 1 saturated carbocycles. The quantitative estimate of drug-likeness (QED) is 0.553. The van der Waals surface area contributed by atoms with E-state index in [0.717, 1.165) is 29.7 Å². The Bertz CT molecular complexity index is 744. The Labute approximate surface area is 151 Å². The van der Waals surface area contributed by atoms with Gasteiger partial charge in [-0.3, -0.25) is 4.79 Å². The third kappa shape index (κ3) is 2.68. The number of ether oxygens (including phenoxy) is 2. The number of carbonyl (C=O) groups excluding carboxylic acids is 1. The predicted octanol–water partition coefficient (Wildman–Crippen LogP) is 5.29. The number of hydrogen-bond donors (Lipinski definition) is 0. The number of benzene rings is 1. The van der Waals surface area contributed by atoms with Crippen molar-refractivity contribution < 1.29 is 14.3 Å². The van der Waals surface area contributed by atoms with Gasteiger partial charge in [-0.15, -0.1) is 0 Å². The molecule has 2 aliphatic carbocycles. The van der Waals surface area contributed by atoms with Crippen LogP contribution in [0.5, 0.6) is 11.5 Å². The second-order valence-corrected chi connectivity index (χ2v) is 8.71. The van der Waals surface area contributed by atoms with Gasteiger partial charge in [0, 0.05) is 23.5 Å². The molecule has 1 aromatic carbocycles. The van der Waals surface area contributed by atoms with Crippen LogP contribution < -0.4 is 9.47 Å². The van der Waals surface area contributed by atoms with Crippen molar-refractivity contribution in [2.45, 2.75) is 65.7 Å². The maximum Gasteiger partial charge on any atom is 0.308 e. The Morgan fingerprint density at radius 1 is 1.20 bits per heavy atom. The van der Waals surface area contributed by atoms with Gasteiger partial charge in [0.05, 0.1) is 7.11 Å². The van der Waals surface area contributed by atoms with E-state index in [1.807, 2.05) is 6.92 Å². The number of rotatable bonds is 3. The number of esters is 1. The zero-order chi connectivity index (χ0) is 18.6. The topological polar surface area (TPSA) is 35.5 Å². The number of methoxy groups -OCH3 is 1. The molecule has 0 amide bonds. The molecule has 25 heavy (non-hydrogen) atoms. The van der Waals surface area contributed by atoms with Gasteiger partial charge in [0.1, 0.15) is 0 Å². The van der Waals surface area contributed by atoms with Crippen LogP contribution in [0.3, 0.4) is 0 Å². The molecule has 3 nitrogen and oxygen atoms in total. The minimum atomic E-state index is -0.329. The van der Waals surface area contributed by atoms with E-state index in [1.165, 1.54) is 30.9 Å². The molecule has 0 aliphatic heterocycles. The van der Waals surface area contributed by atoms with E-state index < -0.39 is 0 Å². The predicted molar refractivity (Wildman–Crippen MR) is 101 cm³/mol. The standard InChI is InChI=1S/C22H30O3/c1-13(2)16-11-15-12-17-21(4,5)9-8-10-22(17,6)18(15)20(24-7)19(16)25-14(3)23/h11,17H,1,8-10,12H2,2-7H3/t17-,22+/m1/s1. The smallest absolute Gasteiger partial charge is 0.308 e. The third-order valence-electron chi connectivity index (χ3n) is 6.45. The lowest BCUT2D eigenvalue weighted by Gasteiger charge is -2.48. The number of fused-ring (bicyclic) bond motifs is 3. The average Bonchev–Trinajstić information content (AvgIpc) is 2.80. The van der Waals surface area contributed by atoms with Crippen LogP contribution in [0.25, 0.3) is 5.57 Å². The highest BCUT2D eigenvalue weighted by molar-refractivity contribution is 5.79. The molecule has 136 valence electrons. The zero-order valence-electron chi connectivity index (χ0n) is 16.4. The first-order valence-electron chi connectivity index (χ1n) is 9.20. The molecule has 0 bridgehead atoms. The third-order valence-corrected chi connectivity index (χ3v) is 6.45. The fourth-order valence-electron chi connectivity index (χ4n) is 5.38. The zero-order valence-corrected chi connectivity index (χ0v) is 16.4. The van der Waals surface area contributed by atoms with Crippen LogP contribution in [0, 0.1) is 11.3 Å². The van der Waals surface area contributed by atoms with Crippen LogP contribution in [0.4, 0.5) is 0 Å². The van der Waals surface area contributed by atoms with Gasteiger partial charge in [0.25, 0.3) is 0 Å². The van der Waals surface area contributed by atoms with Gasteiger partial charge in [0.2, 0.25) is 0 Å². The van der Waals surface area contributed by atoms with Crippen LogP contribution in [0.15, 0.2) is 12.6 Å². The number of allylic oxidation sites excluding steroid dienone is 1. The number of hydrogen-bond acceptors (Lipinski definition) is 3. The van der Waals surface area contributed by atoms with Gasteiger partial charge in [0.15, 0.2) is 11.5 Å². The molecular formula is C22H30O3. The molecule has 2 atom stereocenters. The van der Waals surface area contributed by atoms with Crippen LogP contribution in [-0.2, 0) is 16.6 Å². The summed E-state index contributed by atoms with van der Waals surface area (Å²) in [7, 11) is 1.68. The van der Waals surface area contributed by atoms with E-state index in [0.29, 0.717) is 17.1 Å². The van der Waals surface area contributed by atoms with E-state index in [9.17, 15) is 4.79 Å². The lowest BCUT2D eigenvalue weighted by molar-refractivity contribution is -0.132. The molecule has 3 rings (SSSR count). The van der Waals surface area contributed by atoms with Crippen molar-refractivity contribution in [2.24, 2.45) is 11.3 Å². The monoisotopic (exact) mass is 342 g/mol. The van der Waals surface area contributed by atoms with E-state index in [-0.39, 0.29) is 11.4 Å². The van der Waals surface area contributed by atoms with Gasteiger partial charge in [-0.1, -0.05) is 33.8 Å².